The number of carbonyl (C=O) groups excluding carboxylic acids is 2. The van der Waals surface area contributed by atoms with Crippen molar-refractivity contribution in [2.45, 2.75) is 19.0 Å². The van der Waals surface area contributed by atoms with E-state index >= 15 is 0 Å². The van der Waals surface area contributed by atoms with E-state index in [2.05, 4.69) is 16.0 Å². The number of para-hydroxylation sites is 1. The Hall–Kier alpha value is -2.86. The van der Waals surface area contributed by atoms with Crippen LogP contribution in [-0.2, 0) is 4.79 Å². The quantitative estimate of drug-likeness (QED) is 0.754. The van der Waals surface area contributed by atoms with E-state index in [0.717, 1.165) is 16.9 Å². The molecule has 3 amide bonds. The minimum Gasteiger partial charge on any atom is -0.496 e. The van der Waals surface area contributed by atoms with Crippen LogP contribution in [0.15, 0.2) is 54.6 Å². The van der Waals surface area contributed by atoms with Crippen LogP contribution in [0.3, 0.4) is 0 Å². The van der Waals surface area contributed by atoms with Crippen LogP contribution < -0.4 is 20.7 Å². The molecule has 0 radical (unpaired) electrons. The van der Waals surface area contributed by atoms with Crippen molar-refractivity contribution in [1.29, 1.82) is 0 Å². The van der Waals surface area contributed by atoms with Crippen molar-refractivity contribution >= 4 is 11.9 Å². The number of rotatable bonds is 6. The van der Waals surface area contributed by atoms with Gasteiger partial charge in [0.05, 0.1) is 7.11 Å². The molecule has 6 nitrogen and oxygen atoms in total. The number of benzene rings is 2. The Morgan fingerprint density at radius 1 is 1.00 bits per heavy atom. The molecule has 3 N–H and O–H groups in total. The van der Waals surface area contributed by atoms with E-state index in [1.54, 1.807) is 7.11 Å². The molecule has 0 aliphatic heterocycles. The van der Waals surface area contributed by atoms with Crippen LogP contribution in [0, 0.1) is 0 Å². The molecule has 2 rings (SSSR count). The molecule has 0 spiro atoms. The highest BCUT2D eigenvalue weighted by Gasteiger charge is 2.25. The minimum atomic E-state index is -0.682. The van der Waals surface area contributed by atoms with Crippen LogP contribution in [0.1, 0.15) is 30.1 Å². The second-order valence-electron chi connectivity index (χ2n) is 5.54. The molecule has 0 heterocycles. The van der Waals surface area contributed by atoms with Gasteiger partial charge in [0.2, 0.25) is 5.91 Å². The number of methoxy groups -OCH3 is 1. The first kappa shape index (κ1) is 18.5. The summed E-state index contributed by atoms with van der Waals surface area (Å²) in [5.41, 5.74) is 1.70. The van der Waals surface area contributed by atoms with Crippen molar-refractivity contribution in [1.82, 2.24) is 16.0 Å². The fraction of sp³-hybridized carbons (Fsp3) is 0.263. The maximum absolute atomic E-state index is 12.6. The third kappa shape index (κ3) is 4.81. The zero-order valence-corrected chi connectivity index (χ0v) is 14.6. The molecule has 0 saturated carbocycles. The molecule has 0 saturated heterocycles. The summed E-state index contributed by atoms with van der Waals surface area (Å²) in [7, 11) is 3.07. The monoisotopic (exact) mass is 341 g/mol. The topological polar surface area (TPSA) is 79.5 Å². The minimum absolute atomic E-state index is 0.170. The number of ether oxygens (including phenoxy) is 1. The lowest BCUT2D eigenvalue weighted by molar-refractivity contribution is -0.122. The first-order chi connectivity index (χ1) is 12.1. The number of carbonyl (C=O) groups is 2. The van der Waals surface area contributed by atoms with E-state index in [9.17, 15) is 9.59 Å². The standard InChI is InChI=1S/C19H23N3O3/c1-13(15-11-7-8-12-16(15)25-3)21-17(14-9-5-4-6-10-14)18(23)22-19(24)20-2/h4-13,17,21H,1-3H3,(H2,20,22,23,24)/t13-,17+/m0/s1. The number of amides is 3. The summed E-state index contributed by atoms with van der Waals surface area (Å²) in [6.07, 6.45) is 0. The summed E-state index contributed by atoms with van der Waals surface area (Å²) < 4.78 is 5.39. The molecular weight excluding hydrogens is 318 g/mol. The van der Waals surface area contributed by atoms with E-state index in [-0.39, 0.29) is 6.04 Å². The highest BCUT2D eigenvalue weighted by molar-refractivity contribution is 5.97. The molecule has 2 aromatic rings. The van der Waals surface area contributed by atoms with Crippen LogP contribution in [0.5, 0.6) is 5.75 Å². The van der Waals surface area contributed by atoms with Gasteiger partial charge < -0.3 is 10.1 Å². The maximum atomic E-state index is 12.6. The van der Waals surface area contributed by atoms with Gasteiger partial charge in [-0.25, -0.2) is 4.79 Å². The molecule has 0 aromatic heterocycles. The second-order valence-corrected chi connectivity index (χ2v) is 5.54. The van der Waals surface area contributed by atoms with Crippen molar-refractivity contribution in [3.8, 4) is 5.75 Å². The van der Waals surface area contributed by atoms with Crippen LogP contribution in [0.25, 0.3) is 0 Å². The molecule has 6 heteroatoms. The van der Waals surface area contributed by atoms with Gasteiger partial charge in [-0.1, -0.05) is 48.5 Å². The lowest BCUT2D eigenvalue weighted by atomic mass is 10.0. The van der Waals surface area contributed by atoms with E-state index in [0.29, 0.717) is 0 Å². The first-order valence-corrected chi connectivity index (χ1v) is 8.03. The Kier molecular flexibility index (Phi) is 6.54. The van der Waals surface area contributed by atoms with Gasteiger partial charge in [0.1, 0.15) is 11.8 Å². The second kappa shape index (κ2) is 8.84. The highest BCUT2D eigenvalue weighted by Crippen LogP contribution is 2.27. The zero-order chi connectivity index (χ0) is 18.2. The van der Waals surface area contributed by atoms with Crippen LogP contribution in [0.2, 0.25) is 0 Å². The van der Waals surface area contributed by atoms with E-state index in [4.69, 9.17) is 4.74 Å². The van der Waals surface area contributed by atoms with Crippen molar-refractivity contribution < 1.29 is 14.3 Å². The highest BCUT2D eigenvalue weighted by atomic mass is 16.5. The average Bonchev–Trinajstić information content (AvgIpc) is 2.66. The third-order valence-electron chi connectivity index (χ3n) is 3.88. The van der Waals surface area contributed by atoms with Crippen molar-refractivity contribution in [2.75, 3.05) is 14.2 Å². The molecule has 0 bridgehead atoms. The van der Waals surface area contributed by atoms with E-state index in [1.807, 2.05) is 61.5 Å². The van der Waals surface area contributed by atoms with Gasteiger partial charge in [-0.3, -0.25) is 15.4 Å². The van der Waals surface area contributed by atoms with Crippen LogP contribution in [-0.4, -0.2) is 26.1 Å². The lowest BCUT2D eigenvalue weighted by Crippen LogP contribution is -2.44. The molecular formula is C19H23N3O3. The SMILES string of the molecule is CNC(=O)NC(=O)[C@H](N[C@@H](C)c1ccccc1OC)c1ccccc1. The van der Waals surface area contributed by atoms with Gasteiger partial charge in [-0.2, -0.15) is 0 Å². The number of nitrogens with one attached hydrogen (secondary N) is 3. The largest absolute Gasteiger partial charge is 0.496 e. The third-order valence-corrected chi connectivity index (χ3v) is 3.88. The van der Waals surface area contributed by atoms with Gasteiger partial charge in [-0.05, 0) is 18.6 Å². The van der Waals surface area contributed by atoms with E-state index in [1.165, 1.54) is 7.05 Å². The summed E-state index contributed by atoms with van der Waals surface area (Å²) in [5, 5.41) is 8.00. The Morgan fingerprint density at radius 3 is 2.28 bits per heavy atom. The fourth-order valence-electron chi connectivity index (χ4n) is 2.58. The summed E-state index contributed by atoms with van der Waals surface area (Å²) in [4.78, 5) is 24.1. The average molecular weight is 341 g/mol. The molecule has 2 aromatic carbocycles. The Bertz CT molecular complexity index is 719. The summed E-state index contributed by atoms with van der Waals surface area (Å²) in [5.74, 6) is 0.313. The first-order valence-electron chi connectivity index (χ1n) is 8.03. The predicted octanol–water partition coefficient (Wildman–Crippen LogP) is 2.54. The molecule has 0 aliphatic carbocycles. The Balaban J connectivity index is 2.26. The fourth-order valence-corrected chi connectivity index (χ4v) is 2.58. The molecule has 0 aliphatic rings. The summed E-state index contributed by atoms with van der Waals surface area (Å²) >= 11 is 0. The number of imide groups is 1. The molecule has 2 atom stereocenters. The Morgan fingerprint density at radius 2 is 1.64 bits per heavy atom. The number of urea groups is 1. The summed E-state index contributed by atoms with van der Waals surface area (Å²) in [6.45, 7) is 1.95. The number of hydrogen-bond donors (Lipinski definition) is 3. The van der Waals surface area contributed by atoms with Gasteiger partial charge in [0.25, 0.3) is 0 Å². The molecule has 0 fully saturated rings. The van der Waals surface area contributed by atoms with Gasteiger partial charge >= 0.3 is 6.03 Å². The van der Waals surface area contributed by atoms with Gasteiger partial charge in [-0.15, -0.1) is 0 Å². The van der Waals surface area contributed by atoms with Crippen LogP contribution >= 0.6 is 0 Å². The van der Waals surface area contributed by atoms with Gasteiger partial charge in [0, 0.05) is 18.7 Å². The molecule has 132 valence electrons. The van der Waals surface area contributed by atoms with Crippen molar-refractivity contribution in [2.24, 2.45) is 0 Å². The Labute approximate surface area is 147 Å². The van der Waals surface area contributed by atoms with Gasteiger partial charge in [0.15, 0.2) is 0 Å². The van der Waals surface area contributed by atoms with E-state index < -0.39 is 18.0 Å². The molecule has 0 unspecified atom stereocenters. The van der Waals surface area contributed by atoms with Crippen molar-refractivity contribution in [3.05, 3.63) is 65.7 Å². The maximum Gasteiger partial charge on any atom is 0.321 e. The summed E-state index contributed by atoms with van der Waals surface area (Å²) in [6, 6.07) is 15.5. The van der Waals surface area contributed by atoms with Crippen LogP contribution in [0.4, 0.5) is 4.79 Å². The normalized spacial score (nSPS) is 12.8. The molecule has 25 heavy (non-hydrogen) atoms. The van der Waals surface area contributed by atoms with Crippen molar-refractivity contribution in [3.63, 3.8) is 0 Å². The lowest BCUT2D eigenvalue weighted by Gasteiger charge is -2.24. The predicted molar refractivity (Wildman–Crippen MR) is 96.3 cm³/mol. The number of hydrogen-bond acceptors (Lipinski definition) is 4. The smallest absolute Gasteiger partial charge is 0.321 e. The zero-order valence-electron chi connectivity index (χ0n) is 14.6.